The molecule has 6 nitrogen and oxygen atoms in total. The van der Waals surface area contributed by atoms with Crippen molar-refractivity contribution in [3.05, 3.63) is 35.7 Å². The summed E-state index contributed by atoms with van der Waals surface area (Å²) in [5.74, 6) is 0.303. The fourth-order valence-corrected chi connectivity index (χ4v) is 2.94. The number of ether oxygens (including phenoxy) is 1. The van der Waals surface area contributed by atoms with Crippen molar-refractivity contribution < 1.29 is 9.53 Å². The molecule has 0 fully saturated rings. The van der Waals surface area contributed by atoms with Gasteiger partial charge in [0.1, 0.15) is 6.33 Å². The minimum absolute atomic E-state index is 0.0127. The van der Waals surface area contributed by atoms with Crippen molar-refractivity contribution in [1.82, 2.24) is 20.1 Å². The Balaban J connectivity index is 1.95. The number of amides is 1. The van der Waals surface area contributed by atoms with Crippen LogP contribution in [0.5, 0.6) is 0 Å². The number of methoxy groups -OCH3 is 1. The van der Waals surface area contributed by atoms with Crippen LogP contribution in [-0.4, -0.2) is 46.7 Å². The van der Waals surface area contributed by atoms with E-state index in [-0.39, 0.29) is 5.91 Å². The van der Waals surface area contributed by atoms with Crippen LogP contribution in [0.15, 0.2) is 29.7 Å². The molecule has 0 saturated heterocycles. The van der Waals surface area contributed by atoms with E-state index < -0.39 is 0 Å². The van der Waals surface area contributed by atoms with Crippen molar-refractivity contribution >= 4 is 17.7 Å². The lowest BCUT2D eigenvalue weighted by molar-refractivity contribution is -0.118. The van der Waals surface area contributed by atoms with Gasteiger partial charge in [-0.05, 0) is 31.9 Å². The summed E-state index contributed by atoms with van der Waals surface area (Å²) in [6, 6.07) is 6.22. The standard InChI is InChI=1S/C16H22N4O2S/c1-12-5-6-14(13(2)9-12)20-11-18-19-16(20)23-10-15(21)17-7-4-8-22-3/h5-6,9,11H,4,7-8,10H2,1-3H3,(H,17,21). The van der Waals surface area contributed by atoms with Gasteiger partial charge in [-0.15, -0.1) is 10.2 Å². The molecule has 2 aromatic rings. The predicted molar refractivity (Wildman–Crippen MR) is 91.1 cm³/mol. The van der Waals surface area contributed by atoms with Crippen molar-refractivity contribution in [3.63, 3.8) is 0 Å². The zero-order chi connectivity index (χ0) is 16.7. The van der Waals surface area contributed by atoms with Gasteiger partial charge in [0.25, 0.3) is 0 Å². The fraction of sp³-hybridized carbons (Fsp3) is 0.438. The second-order valence-corrected chi connectivity index (χ2v) is 6.20. The second kappa shape index (κ2) is 8.69. The lowest BCUT2D eigenvalue weighted by Gasteiger charge is -2.10. The Kier molecular flexibility index (Phi) is 6.61. The van der Waals surface area contributed by atoms with Crippen LogP contribution in [0.4, 0.5) is 0 Å². The van der Waals surface area contributed by atoms with Crippen LogP contribution in [0.2, 0.25) is 0 Å². The van der Waals surface area contributed by atoms with Gasteiger partial charge in [0, 0.05) is 20.3 Å². The summed E-state index contributed by atoms with van der Waals surface area (Å²) in [6.07, 6.45) is 2.49. The van der Waals surface area contributed by atoms with Crippen LogP contribution in [0.1, 0.15) is 17.5 Å². The third kappa shape index (κ3) is 5.07. The maximum Gasteiger partial charge on any atom is 0.230 e. The van der Waals surface area contributed by atoms with Crippen LogP contribution in [0, 0.1) is 13.8 Å². The maximum atomic E-state index is 11.8. The molecule has 0 radical (unpaired) electrons. The molecule has 0 aliphatic carbocycles. The summed E-state index contributed by atoms with van der Waals surface area (Å²) in [6.45, 7) is 5.39. The average molecular weight is 334 g/mol. The van der Waals surface area contributed by atoms with E-state index in [1.807, 2.05) is 10.6 Å². The minimum atomic E-state index is -0.0127. The third-order valence-electron chi connectivity index (χ3n) is 3.31. The SMILES string of the molecule is COCCCNC(=O)CSc1nncn1-c1ccc(C)cc1C. The molecule has 23 heavy (non-hydrogen) atoms. The van der Waals surface area contributed by atoms with Crippen molar-refractivity contribution in [3.8, 4) is 5.69 Å². The van der Waals surface area contributed by atoms with E-state index in [0.717, 1.165) is 17.7 Å². The van der Waals surface area contributed by atoms with Gasteiger partial charge in [-0.2, -0.15) is 0 Å². The maximum absolute atomic E-state index is 11.8. The number of benzene rings is 1. The minimum Gasteiger partial charge on any atom is -0.385 e. The van der Waals surface area contributed by atoms with Gasteiger partial charge in [0.2, 0.25) is 5.91 Å². The van der Waals surface area contributed by atoms with E-state index in [1.165, 1.54) is 17.3 Å². The molecule has 1 aromatic carbocycles. The van der Waals surface area contributed by atoms with E-state index in [2.05, 4.69) is 41.5 Å². The third-order valence-corrected chi connectivity index (χ3v) is 4.25. The van der Waals surface area contributed by atoms with Gasteiger partial charge >= 0.3 is 0 Å². The van der Waals surface area contributed by atoms with E-state index in [9.17, 15) is 4.79 Å². The topological polar surface area (TPSA) is 69.0 Å². The molecule has 1 heterocycles. The molecule has 124 valence electrons. The largest absolute Gasteiger partial charge is 0.385 e. The van der Waals surface area contributed by atoms with Gasteiger partial charge in [0.15, 0.2) is 5.16 Å². The zero-order valence-corrected chi connectivity index (χ0v) is 14.5. The van der Waals surface area contributed by atoms with Crippen LogP contribution in [0.3, 0.4) is 0 Å². The van der Waals surface area contributed by atoms with Gasteiger partial charge < -0.3 is 10.1 Å². The highest BCUT2D eigenvalue weighted by Gasteiger charge is 2.11. The lowest BCUT2D eigenvalue weighted by Crippen LogP contribution is -2.26. The summed E-state index contributed by atoms with van der Waals surface area (Å²) in [4.78, 5) is 11.8. The molecule has 0 aliphatic rings. The van der Waals surface area contributed by atoms with Crippen molar-refractivity contribution in [2.75, 3.05) is 26.0 Å². The number of aromatic nitrogens is 3. The van der Waals surface area contributed by atoms with Crippen molar-refractivity contribution in [2.45, 2.75) is 25.4 Å². The quantitative estimate of drug-likeness (QED) is 0.592. The Morgan fingerprint density at radius 2 is 2.22 bits per heavy atom. The number of nitrogens with one attached hydrogen (secondary N) is 1. The number of nitrogens with zero attached hydrogens (tertiary/aromatic N) is 3. The zero-order valence-electron chi connectivity index (χ0n) is 13.7. The molecule has 1 N–H and O–H groups in total. The van der Waals surface area contributed by atoms with Crippen LogP contribution >= 0.6 is 11.8 Å². The molecule has 1 aromatic heterocycles. The number of thioether (sulfide) groups is 1. The van der Waals surface area contributed by atoms with E-state index >= 15 is 0 Å². The molecule has 0 aliphatic heterocycles. The fourth-order valence-electron chi connectivity index (χ4n) is 2.19. The van der Waals surface area contributed by atoms with Gasteiger partial charge in [-0.1, -0.05) is 29.5 Å². The summed E-state index contributed by atoms with van der Waals surface area (Å²) in [5.41, 5.74) is 3.39. The molecular formula is C16H22N4O2S. The molecule has 1 amide bonds. The van der Waals surface area contributed by atoms with Crippen molar-refractivity contribution in [2.24, 2.45) is 0 Å². The summed E-state index contributed by atoms with van der Waals surface area (Å²) in [5, 5.41) is 11.7. The van der Waals surface area contributed by atoms with E-state index in [4.69, 9.17) is 4.74 Å². The Morgan fingerprint density at radius 1 is 1.39 bits per heavy atom. The number of rotatable bonds is 8. The van der Waals surface area contributed by atoms with Gasteiger partial charge in [0.05, 0.1) is 11.4 Å². The van der Waals surface area contributed by atoms with E-state index in [0.29, 0.717) is 24.1 Å². The highest BCUT2D eigenvalue weighted by atomic mass is 32.2. The molecule has 0 bridgehead atoms. The van der Waals surface area contributed by atoms with Crippen LogP contribution in [-0.2, 0) is 9.53 Å². The Labute approximate surface area is 140 Å². The molecule has 7 heteroatoms. The normalized spacial score (nSPS) is 10.7. The Morgan fingerprint density at radius 3 is 2.96 bits per heavy atom. The summed E-state index contributed by atoms with van der Waals surface area (Å²) < 4.78 is 6.86. The number of carbonyl (C=O) groups is 1. The van der Waals surface area contributed by atoms with Crippen LogP contribution < -0.4 is 5.32 Å². The molecule has 0 saturated carbocycles. The molecule has 0 atom stereocenters. The smallest absolute Gasteiger partial charge is 0.230 e. The van der Waals surface area contributed by atoms with E-state index in [1.54, 1.807) is 13.4 Å². The Bertz CT molecular complexity index is 657. The number of carbonyl (C=O) groups excluding carboxylic acids is 1. The first-order valence-electron chi connectivity index (χ1n) is 7.48. The second-order valence-electron chi connectivity index (χ2n) is 5.26. The van der Waals surface area contributed by atoms with Crippen molar-refractivity contribution in [1.29, 1.82) is 0 Å². The first kappa shape index (κ1) is 17.5. The average Bonchev–Trinajstić information content (AvgIpc) is 2.98. The predicted octanol–water partition coefficient (Wildman–Crippen LogP) is 2.13. The summed E-state index contributed by atoms with van der Waals surface area (Å²) >= 11 is 1.38. The van der Waals surface area contributed by atoms with Crippen LogP contribution in [0.25, 0.3) is 5.69 Å². The Hall–Kier alpha value is -1.86. The monoisotopic (exact) mass is 334 g/mol. The van der Waals surface area contributed by atoms with Gasteiger partial charge in [-0.25, -0.2) is 0 Å². The first-order chi connectivity index (χ1) is 11.1. The molecule has 0 unspecified atom stereocenters. The number of hydrogen-bond donors (Lipinski definition) is 1. The summed E-state index contributed by atoms with van der Waals surface area (Å²) in [7, 11) is 1.65. The lowest BCUT2D eigenvalue weighted by atomic mass is 10.1. The highest BCUT2D eigenvalue weighted by molar-refractivity contribution is 7.99. The molecule has 0 spiro atoms. The molecule has 2 rings (SSSR count). The van der Waals surface area contributed by atoms with Gasteiger partial charge in [-0.3, -0.25) is 9.36 Å². The number of hydrogen-bond acceptors (Lipinski definition) is 5. The first-order valence-corrected chi connectivity index (χ1v) is 8.46. The highest BCUT2D eigenvalue weighted by Crippen LogP contribution is 2.22. The number of aryl methyl sites for hydroxylation is 2. The molecular weight excluding hydrogens is 312 g/mol.